The minimum absolute atomic E-state index is 0.0173. The number of phenols is 1. The van der Waals surface area contributed by atoms with E-state index in [0.29, 0.717) is 18.4 Å². The first-order valence-corrected chi connectivity index (χ1v) is 6.03. The molecule has 0 aromatic heterocycles. The summed E-state index contributed by atoms with van der Waals surface area (Å²) in [5.41, 5.74) is 2.50. The molecule has 0 saturated carbocycles. The number of aryl methyl sites for hydroxylation is 2. The first-order chi connectivity index (χ1) is 8.66. The summed E-state index contributed by atoms with van der Waals surface area (Å²) in [6, 6.07) is 15.0. The van der Waals surface area contributed by atoms with Crippen LogP contribution in [0.2, 0.25) is 0 Å². The van der Waals surface area contributed by atoms with Gasteiger partial charge in [0.15, 0.2) is 5.78 Å². The summed E-state index contributed by atoms with van der Waals surface area (Å²) in [4.78, 5) is 12.0. The number of phenolic OH excluding ortho intramolecular Hbond substituents is 1. The Morgan fingerprint density at radius 2 is 1.83 bits per heavy atom. The smallest absolute Gasteiger partial charge is 0.166 e. The van der Waals surface area contributed by atoms with Crippen molar-refractivity contribution in [1.82, 2.24) is 0 Å². The van der Waals surface area contributed by atoms with Gasteiger partial charge in [0.25, 0.3) is 0 Å². The second-order valence-electron chi connectivity index (χ2n) is 4.43. The molecule has 0 aliphatic rings. The number of hydrogen-bond acceptors (Lipinski definition) is 2. The predicted octanol–water partition coefficient (Wildman–Crippen LogP) is 3.52. The van der Waals surface area contributed by atoms with Crippen LogP contribution in [0.3, 0.4) is 0 Å². The molecule has 0 amide bonds. The van der Waals surface area contributed by atoms with Crippen LogP contribution in [0, 0.1) is 6.92 Å². The number of hydrogen-bond donors (Lipinski definition) is 1. The first kappa shape index (κ1) is 12.4. The quantitative estimate of drug-likeness (QED) is 0.830. The summed E-state index contributed by atoms with van der Waals surface area (Å²) in [5, 5.41) is 9.74. The summed E-state index contributed by atoms with van der Waals surface area (Å²) >= 11 is 0. The molecule has 2 heteroatoms. The van der Waals surface area contributed by atoms with Gasteiger partial charge in [0.2, 0.25) is 0 Å². The van der Waals surface area contributed by atoms with E-state index in [1.165, 1.54) is 0 Å². The highest BCUT2D eigenvalue weighted by Crippen LogP contribution is 2.20. The van der Waals surface area contributed by atoms with Gasteiger partial charge in [-0.3, -0.25) is 4.79 Å². The Hall–Kier alpha value is -2.09. The van der Waals surface area contributed by atoms with Gasteiger partial charge in [0.05, 0.1) is 5.56 Å². The van der Waals surface area contributed by atoms with Gasteiger partial charge < -0.3 is 5.11 Å². The molecule has 0 aliphatic carbocycles. The Labute approximate surface area is 107 Å². The Bertz CT molecular complexity index is 544. The lowest BCUT2D eigenvalue weighted by Crippen LogP contribution is -2.01. The summed E-state index contributed by atoms with van der Waals surface area (Å²) in [6.45, 7) is 1.89. The average molecular weight is 240 g/mol. The summed E-state index contributed by atoms with van der Waals surface area (Å²) < 4.78 is 0. The van der Waals surface area contributed by atoms with E-state index >= 15 is 0 Å². The van der Waals surface area contributed by atoms with Gasteiger partial charge in [0, 0.05) is 6.42 Å². The van der Waals surface area contributed by atoms with Crippen LogP contribution in [-0.4, -0.2) is 10.9 Å². The zero-order valence-electron chi connectivity index (χ0n) is 10.4. The summed E-state index contributed by atoms with van der Waals surface area (Å²) in [7, 11) is 0. The maximum Gasteiger partial charge on any atom is 0.166 e. The van der Waals surface area contributed by atoms with Crippen molar-refractivity contribution in [2.24, 2.45) is 0 Å². The van der Waals surface area contributed by atoms with Crippen molar-refractivity contribution in [3.63, 3.8) is 0 Å². The van der Waals surface area contributed by atoms with Crippen molar-refractivity contribution in [2.75, 3.05) is 0 Å². The van der Waals surface area contributed by atoms with Crippen molar-refractivity contribution in [1.29, 1.82) is 0 Å². The molecule has 1 N–H and O–H groups in total. The van der Waals surface area contributed by atoms with E-state index in [2.05, 4.69) is 0 Å². The molecule has 18 heavy (non-hydrogen) atoms. The van der Waals surface area contributed by atoms with Crippen LogP contribution < -0.4 is 0 Å². The van der Waals surface area contributed by atoms with Crippen LogP contribution in [-0.2, 0) is 6.42 Å². The SMILES string of the molecule is Cc1ccc(C(=O)CCc2ccccc2)c(O)c1. The van der Waals surface area contributed by atoms with Crippen LogP contribution in [0.4, 0.5) is 0 Å². The maximum atomic E-state index is 12.0. The van der Waals surface area contributed by atoms with E-state index in [9.17, 15) is 9.90 Å². The Balaban J connectivity index is 2.04. The van der Waals surface area contributed by atoms with Crippen molar-refractivity contribution in [3.8, 4) is 5.75 Å². The second-order valence-corrected chi connectivity index (χ2v) is 4.43. The molecule has 2 aromatic rings. The molecule has 2 rings (SSSR count). The van der Waals surface area contributed by atoms with Crippen molar-refractivity contribution in [2.45, 2.75) is 19.8 Å². The zero-order valence-corrected chi connectivity index (χ0v) is 10.4. The molecule has 0 heterocycles. The molecular weight excluding hydrogens is 224 g/mol. The maximum absolute atomic E-state index is 12.0. The molecule has 0 fully saturated rings. The van der Waals surface area contributed by atoms with Crippen molar-refractivity contribution < 1.29 is 9.90 Å². The monoisotopic (exact) mass is 240 g/mol. The van der Waals surface area contributed by atoms with E-state index in [1.54, 1.807) is 12.1 Å². The molecule has 0 aliphatic heterocycles. The number of rotatable bonds is 4. The fourth-order valence-electron chi connectivity index (χ4n) is 1.91. The lowest BCUT2D eigenvalue weighted by molar-refractivity contribution is 0.0980. The third-order valence-corrected chi connectivity index (χ3v) is 2.94. The second kappa shape index (κ2) is 5.50. The minimum atomic E-state index is -0.0173. The van der Waals surface area contributed by atoms with Crippen molar-refractivity contribution in [3.05, 3.63) is 65.2 Å². The van der Waals surface area contributed by atoms with Crippen LogP contribution in [0.5, 0.6) is 5.75 Å². The summed E-state index contributed by atoms with van der Waals surface area (Å²) in [6.07, 6.45) is 1.12. The van der Waals surface area contributed by atoms with E-state index in [1.807, 2.05) is 43.3 Å². The molecule has 0 bridgehead atoms. The number of carbonyl (C=O) groups excluding carboxylic acids is 1. The first-order valence-electron chi connectivity index (χ1n) is 6.03. The molecule has 2 nitrogen and oxygen atoms in total. The molecule has 0 atom stereocenters. The highest BCUT2D eigenvalue weighted by Gasteiger charge is 2.10. The molecule has 2 aromatic carbocycles. The van der Waals surface area contributed by atoms with E-state index in [0.717, 1.165) is 11.1 Å². The number of aromatic hydroxyl groups is 1. The summed E-state index contributed by atoms with van der Waals surface area (Å²) in [5.74, 6) is 0.0596. The van der Waals surface area contributed by atoms with Gasteiger partial charge in [-0.15, -0.1) is 0 Å². The Morgan fingerprint density at radius 1 is 1.11 bits per heavy atom. The van der Waals surface area contributed by atoms with E-state index in [-0.39, 0.29) is 11.5 Å². The highest BCUT2D eigenvalue weighted by atomic mass is 16.3. The van der Waals surface area contributed by atoms with Gasteiger partial charge >= 0.3 is 0 Å². The number of benzene rings is 2. The van der Waals surface area contributed by atoms with Gasteiger partial charge in [0.1, 0.15) is 5.75 Å². The third-order valence-electron chi connectivity index (χ3n) is 2.94. The van der Waals surface area contributed by atoms with Crippen molar-refractivity contribution >= 4 is 5.78 Å². The molecule has 92 valence electrons. The van der Waals surface area contributed by atoms with Crippen LogP contribution in [0.25, 0.3) is 0 Å². The fraction of sp³-hybridized carbons (Fsp3) is 0.188. The normalized spacial score (nSPS) is 10.3. The third kappa shape index (κ3) is 2.98. The number of Topliss-reactive ketones (excluding diaryl/α,β-unsaturated/α-hetero) is 1. The van der Waals surface area contributed by atoms with Crippen LogP contribution in [0.15, 0.2) is 48.5 Å². The van der Waals surface area contributed by atoms with Gasteiger partial charge in [-0.2, -0.15) is 0 Å². The number of ketones is 1. The predicted molar refractivity (Wildman–Crippen MR) is 71.9 cm³/mol. The molecule has 0 radical (unpaired) electrons. The van der Waals surface area contributed by atoms with E-state index in [4.69, 9.17) is 0 Å². The lowest BCUT2D eigenvalue weighted by Gasteiger charge is -2.05. The van der Waals surface area contributed by atoms with Crippen LogP contribution in [0.1, 0.15) is 27.9 Å². The van der Waals surface area contributed by atoms with Gasteiger partial charge in [-0.05, 0) is 36.6 Å². The van der Waals surface area contributed by atoms with Gasteiger partial charge in [-0.25, -0.2) is 0 Å². The average Bonchev–Trinajstić information content (AvgIpc) is 2.37. The molecule has 0 saturated heterocycles. The lowest BCUT2D eigenvalue weighted by atomic mass is 10.0. The van der Waals surface area contributed by atoms with Crippen LogP contribution >= 0.6 is 0 Å². The van der Waals surface area contributed by atoms with Gasteiger partial charge in [-0.1, -0.05) is 36.4 Å². The standard InChI is InChI=1S/C16H16O2/c1-12-7-9-14(16(18)11-12)15(17)10-8-13-5-3-2-4-6-13/h2-7,9,11,18H,8,10H2,1H3. The zero-order chi connectivity index (χ0) is 13.0. The Kier molecular flexibility index (Phi) is 3.78. The molecule has 0 unspecified atom stereocenters. The molecular formula is C16H16O2. The topological polar surface area (TPSA) is 37.3 Å². The Morgan fingerprint density at radius 3 is 2.50 bits per heavy atom. The van der Waals surface area contributed by atoms with E-state index < -0.39 is 0 Å². The highest BCUT2D eigenvalue weighted by molar-refractivity contribution is 5.98. The fourth-order valence-corrected chi connectivity index (χ4v) is 1.91. The largest absolute Gasteiger partial charge is 0.507 e. The molecule has 0 spiro atoms. The number of carbonyl (C=O) groups is 1. The minimum Gasteiger partial charge on any atom is -0.507 e.